The summed E-state index contributed by atoms with van der Waals surface area (Å²) in [6.45, 7) is 1.99. The third kappa shape index (κ3) is 5.32. The third-order valence-corrected chi connectivity index (χ3v) is 8.14. The van der Waals surface area contributed by atoms with Gasteiger partial charge in [0.1, 0.15) is 5.54 Å². The number of carbonyl (C=O) groups excluding carboxylic acids is 1. The molecule has 5 rings (SSSR count). The topological polar surface area (TPSA) is 96.8 Å². The molecule has 1 aliphatic carbocycles. The van der Waals surface area contributed by atoms with Gasteiger partial charge in [0.15, 0.2) is 0 Å². The quantitative estimate of drug-likeness (QED) is 0.449. The highest BCUT2D eigenvalue weighted by atomic mass is 16.5. The smallest absolute Gasteiger partial charge is 0.326 e. The lowest BCUT2D eigenvalue weighted by Crippen LogP contribution is -2.54. The summed E-state index contributed by atoms with van der Waals surface area (Å²) in [6, 6.07) is 16.6. The van der Waals surface area contributed by atoms with Gasteiger partial charge in [-0.2, -0.15) is 0 Å². The Morgan fingerprint density at radius 2 is 1.95 bits per heavy atom. The number of nitrogens with zero attached hydrogens (tertiary/aromatic N) is 3. The number of β-amino-alcohol motifs (C(OH)–C–C–N with tert-alkyl or cyclic N) is 1. The number of pyridine rings is 2. The molecule has 0 spiro atoms. The molecule has 1 saturated heterocycles. The maximum Gasteiger partial charge on any atom is 0.326 e. The number of methoxy groups -OCH3 is 2. The average molecular weight is 505 g/mol. The lowest BCUT2D eigenvalue weighted by molar-refractivity contribution is -0.149. The number of benzene rings is 1. The van der Waals surface area contributed by atoms with E-state index in [1.54, 1.807) is 25.4 Å². The number of likely N-dealkylation sites (tertiary alicyclic amines) is 1. The molecule has 2 aliphatic rings. The summed E-state index contributed by atoms with van der Waals surface area (Å²) in [5.74, 6) is 0.814. The molecule has 37 heavy (non-hydrogen) atoms. The summed E-state index contributed by atoms with van der Waals surface area (Å²) >= 11 is 0. The lowest BCUT2D eigenvalue weighted by Gasteiger charge is -2.43. The van der Waals surface area contributed by atoms with Gasteiger partial charge in [-0.15, -0.1) is 0 Å². The highest BCUT2D eigenvalue weighted by Gasteiger charge is 2.43. The van der Waals surface area contributed by atoms with Gasteiger partial charge >= 0.3 is 5.97 Å². The van der Waals surface area contributed by atoms with Crippen LogP contribution in [0, 0.1) is 0 Å². The van der Waals surface area contributed by atoms with Gasteiger partial charge in [-0.1, -0.05) is 30.3 Å². The van der Waals surface area contributed by atoms with E-state index in [2.05, 4.69) is 50.5 Å². The number of hydrogen-bond acceptors (Lipinski definition) is 8. The van der Waals surface area contributed by atoms with E-state index in [0.29, 0.717) is 47.3 Å². The van der Waals surface area contributed by atoms with Gasteiger partial charge in [0.25, 0.3) is 0 Å². The predicted molar refractivity (Wildman–Crippen MR) is 141 cm³/mol. The fourth-order valence-electron chi connectivity index (χ4n) is 5.86. The van der Waals surface area contributed by atoms with Crippen molar-refractivity contribution < 1.29 is 19.4 Å². The van der Waals surface area contributed by atoms with Gasteiger partial charge in [0.05, 0.1) is 31.4 Å². The molecule has 0 bridgehead atoms. The van der Waals surface area contributed by atoms with Gasteiger partial charge in [0.2, 0.25) is 5.88 Å². The number of hydrogen-bond donors (Lipinski definition) is 2. The third-order valence-electron chi connectivity index (χ3n) is 8.14. The number of nitrogens with one attached hydrogen (secondary N) is 1. The van der Waals surface area contributed by atoms with Crippen LogP contribution in [0.5, 0.6) is 5.88 Å². The minimum atomic E-state index is -0.871. The van der Waals surface area contributed by atoms with Crippen LogP contribution in [-0.4, -0.2) is 71.4 Å². The first-order valence-corrected chi connectivity index (χ1v) is 13.1. The van der Waals surface area contributed by atoms with Crippen molar-refractivity contribution >= 4 is 17.0 Å². The monoisotopic (exact) mass is 504 g/mol. The average Bonchev–Trinajstić information content (AvgIpc) is 3.14. The van der Waals surface area contributed by atoms with Crippen LogP contribution >= 0.6 is 0 Å². The SMILES string of the molecule is COC(=O)C1(NCC(O)c2ccnc3ccc(OC)nc23)CCCN(C2CC(c3ccccc3)C2)CC1. The second kappa shape index (κ2) is 11.1. The van der Waals surface area contributed by atoms with Crippen LogP contribution in [0.4, 0.5) is 0 Å². The molecule has 1 saturated carbocycles. The molecule has 3 heterocycles. The Morgan fingerprint density at radius 3 is 2.70 bits per heavy atom. The first-order valence-electron chi connectivity index (χ1n) is 13.1. The molecule has 196 valence electrons. The molecule has 2 N–H and O–H groups in total. The van der Waals surface area contributed by atoms with Crippen molar-refractivity contribution in [3.05, 3.63) is 65.9 Å². The van der Waals surface area contributed by atoms with Crippen LogP contribution in [0.3, 0.4) is 0 Å². The van der Waals surface area contributed by atoms with E-state index >= 15 is 0 Å². The van der Waals surface area contributed by atoms with Crippen molar-refractivity contribution in [3.63, 3.8) is 0 Å². The van der Waals surface area contributed by atoms with Crippen molar-refractivity contribution in [1.82, 2.24) is 20.2 Å². The molecule has 1 aromatic carbocycles. The van der Waals surface area contributed by atoms with Gasteiger partial charge < -0.3 is 19.5 Å². The second-order valence-electron chi connectivity index (χ2n) is 10.2. The summed E-state index contributed by atoms with van der Waals surface area (Å²) in [4.78, 5) is 24.4. The summed E-state index contributed by atoms with van der Waals surface area (Å²) in [5, 5.41) is 14.6. The summed E-state index contributed by atoms with van der Waals surface area (Å²) in [5.41, 5.74) is 2.51. The number of aliphatic hydroxyl groups excluding tert-OH is 1. The van der Waals surface area contributed by atoms with E-state index in [1.165, 1.54) is 12.7 Å². The molecule has 3 aromatic rings. The number of rotatable bonds is 8. The number of carbonyl (C=O) groups is 1. The van der Waals surface area contributed by atoms with Crippen molar-refractivity contribution in [2.45, 2.75) is 55.7 Å². The largest absolute Gasteiger partial charge is 0.481 e. The van der Waals surface area contributed by atoms with Crippen molar-refractivity contribution in [2.75, 3.05) is 33.9 Å². The Labute approximate surface area is 218 Å². The zero-order valence-electron chi connectivity index (χ0n) is 21.6. The van der Waals surface area contributed by atoms with E-state index in [9.17, 15) is 9.90 Å². The first-order chi connectivity index (χ1) is 18.0. The second-order valence-corrected chi connectivity index (χ2v) is 10.2. The van der Waals surface area contributed by atoms with Gasteiger partial charge in [-0.05, 0) is 62.3 Å². The zero-order valence-corrected chi connectivity index (χ0v) is 21.6. The van der Waals surface area contributed by atoms with Crippen molar-refractivity contribution in [3.8, 4) is 5.88 Å². The van der Waals surface area contributed by atoms with Gasteiger partial charge in [-0.3, -0.25) is 15.1 Å². The van der Waals surface area contributed by atoms with Crippen LogP contribution in [0.1, 0.15) is 55.3 Å². The zero-order chi connectivity index (χ0) is 25.8. The Morgan fingerprint density at radius 1 is 1.14 bits per heavy atom. The molecule has 0 amide bonds. The van der Waals surface area contributed by atoms with Crippen LogP contribution in [0.25, 0.3) is 11.0 Å². The summed E-state index contributed by atoms with van der Waals surface area (Å²) in [7, 11) is 3.00. The summed E-state index contributed by atoms with van der Waals surface area (Å²) < 4.78 is 10.5. The Bertz CT molecular complexity index is 1220. The fraction of sp³-hybridized carbons (Fsp3) is 0.483. The van der Waals surface area contributed by atoms with Crippen LogP contribution in [-0.2, 0) is 9.53 Å². The minimum Gasteiger partial charge on any atom is -0.481 e. The highest BCUT2D eigenvalue weighted by molar-refractivity contribution is 5.81. The Kier molecular flexibility index (Phi) is 7.69. The van der Waals surface area contributed by atoms with E-state index in [1.807, 2.05) is 6.07 Å². The molecule has 8 nitrogen and oxygen atoms in total. The molecule has 2 unspecified atom stereocenters. The predicted octanol–water partition coefficient (Wildman–Crippen LogP) is 3.61. The molecule has 8 heteroatoms. The van der Waals surface area contributed by atoms with Gasteiger partial charge in [0, 0.05) is 37.0 Å². The minimum absolute atomic E-state index is 0.201. The molecule has 1 aliphatic heterocycles. The van der Waals surface area contributed by atoms with E-state index in [4.69, 9.17) is 9.47 Å². The highest BCUT2D eigenvalue weighted by Crippen LogP contribution is 2.41. The molecule has 2 fully saturated rings. The van der Waals surface area contributed by atoms with Gasteiger partial charge in [-0.25, -0.2) is 4.98 Å². The van der Waals surface area contributed by atoms with Crippen LogP contribution in [0.15, 0.2) is 54.7 Å². The molecular formula is C29H36N4O4. The van der Waals surface area contributed by atoms with Crippen molar-refractivity contribution in [2.24, 2.45) is 0 Å². The lowest BCUT2D eigenvalue weighted by atomic mass is 9.75. The number of esters is 1. The van der Waals surface area contributed by atoms with E-state index in [0.717, 1.165) is 32.4 Å². The Hall–Kier alpha value is -3.07. The van der Waals surface area contributed by atoms with E-state index < -0.39 is 11.6 Å². The normalized spacial score (nSPS) is 25.2. The number of fused-ring (bicyclic) bond motifs is 1. The summed E-state index contributed by atoms with van der Waals surface area (Å²) in [6.07, 6.45) is 5.31. The first kappa shape index (κ1) is 25.6. The van der Waals surface area contributed by atoms with Crippen molar-refractivity contribution in [1.29, 1.82) is 0 Å². The number of ether oxygens (including phenoxy) is 2. The molecule has 2 aromatic heterocycles. The van der Waals surface area contributed by atoms with Crippen LogP contribution < -0.4 is 10.1 Å². The maximum absolute atomic E-state index is 13.1. The van der Waals surface area contributed by atoms with Crippen LogP contribution in [0.2, 0.25) is 0 Å². The number of aromatic nitrogens is 2. The maximum atomic E-state index is 13.1. The standard InChI is InChI=1S/C29H36N4O4/c1-36-26-10-9-24-27(32-26)23(11-14-30-24)25(34)19-31-29(28(35)37-2)12-6-15-33(16-13-29)22-17-21(18-22)20-7-4-3-5-8-20/h3-5,7-11,14,21-22,25,31,34H,6,12-13,15-19H2,1-2H3. The molecule has 0 radical (unpaired) electrons. The Balaban J connectivity index is 1.25. The fourth-order valence-corrected chi connectivity index (χ4v) is 5.86. The van der Waals surface area contributed by atoms with E-state index in [-0.39, 0.29) is 12.5 Å². The molecule has 2 atom stereocenters. The number of aliphatic hydroxyl groups is 1. The molecular weight excluding hydrogens is 468 g/mol.